The number of rotatable bonds is 2. The summed E-state index contributed by atoms with van der Waals surface area (Å²) in [6.07, 6.45) is 11.9. The van der Waals surface area contributed by atoms with Crippen molar-refractivity contribution in [2.45, 2.75) is 63.8 Å². The van der Waals surface area contributed by atoms with Gasteiger partial charge in [0.25, 0.3) is 0 Å². The first-order chi connectivity index (χ1) is 10.7. The van der Waals surface area contributed by atoms with Crippen molar-refractivity contribution in [3.05, 3.63) is 0 Å². The van der Waals surface area contributed by atoms with Crippen molar-refractivity contribution in [1.82, 2.24) is 9.80 Å². The summed E-state index contributed by atoms with van der Waals surface area (Å²) in [5.41, 5.74) is 0.0780. The second kappa shape index (κ2) is 4.96. The SMILES string of the molecule is O=C(N1CC[C@H](N2CCCC2)C1)C12CC3CC(CC(C3)C1)C2. The molecule has 0 aromatic rings. The lowest BCUT2D eigenvalue weighted by Gasteiger charge is -2.56. The molecule has 0 spiro atoms. The zero-order valence-electron chi connectivity index (χ0n) is 13.8. The standard InChI is InChI=1S/C19H30N2O/c22-18(21-6-3-17(13-21)20-4-1-2-5-20)19-10-14-7-15(11-19)9-16(8-14)12-19/h14-17H,1-13H2/t14?,15?,16?,17-,19?/m0/s1. The van der Waals surface area contributed by atoms with Crippen molar-refractivity contribution in [3.8, 4) is 0 Å². The summed E-state index contributed by atoms with van der Waals surface area (Å²) in [6.45, 7) is 4.59. The van der Waals surface area contributed by atoms with Crippen molar-refractivity contribution < 1.29 is 4.79 Å². The van der Waals surface area contributed by atoms with Gasteiger partial charge in [0.1, 0.15) is 0 Å². The van der Waals surface area contributed by atoms with E-state index in [-0.39, 0.29) is 5.41 Å². The fourth-order valence-electron chi connectivity index (χ4n) is 7.04. The fourth-order valence-corrected chi connectivity index (χ4v) is 7.04. The van der Waals surface area contributed by atoms with Crippen molar-refractivity contribution in [2.24, 2.45) is 23.2 Å². The van der Waals surface area contributed by atoms with Crippen LogP contribution < -0.4 is 0 Å². The molecule has 4 bridgehead atoms. The number of nitrogens with zero attached hydrogens (tertiary/aromatic N) is 2. The van der Waals surface area contributed by atoms with Gasteiger partial charge < -0.3 is 4.90 Å². The minimum Gasteiger partial charge on any atom is -0.341 e. The lowest BCUT2D eigenvalue weighted by atomic mass is 9.49. The Morgan fingerprint density at radius 3 is 2.05 bits per heavy atom. The first kappa shape index (κ1) is 13.8. The summed E-state index contributed by atoms with van der Waals surface area (Å²) < 4.78 is 0. The molecule has 2 saturated heterocycles. The van der Waals surface area contributed by atoms with Crippen LogP contribution in [0.4, 0.5) is 0 Å². The van der Waals surface area contributed by atoms with Gasteiger partial charge in [-0.1, -0.05) is 0 Å². The average Bonchev–Trinajstić information content (AvgIpc) is 3.16. The smallest absolute Gasteiger partial charge is 0.228 e. The summed E-state index contributed by atoms with van der Waals surface area (Å²) in [4.78, 5) is 18.3. The molecule has 0 aromatic carbocycles. The Bertz CT molecular complexity index is 433. The van der Waals surface area contributed by atoms with Gasteiger partial charge in [0.2, 0.25) is 5.91 Å². The minimum absolute atomic E-state index is 0.0780. The number of amides is 1. The molecule has 6 aliphatic rings. The number of carbonyl (C=O) groups excluding carboxylic acids is 1. The first-order valence-corrected chi connectivity index (χ1v) is 9.75. The topological polar surface area (TPSA) is 23.6 Å². The van der Waals surface area contributed by atoms with Crippen LogP contribution in [-0.4, -0.2) is 47.9 Å². The van der Waals surface area contributed by atoms with Crippen LogP contribution in [0.3, 0.4) is 0 Å². The number of hydrogen-bond donors (Lipinski definition) is 0. The van der Waals surface area contributed by atoms with Gasteiger partial charge in [0.15, 0.2) is 0 Å². The predicted molar refractivity (Wildman–Crippen MR) is 86.4 cm³/mol. The molecular formula is C19H30N2O. The lowest BCUT2D eigenvalue weighted by molar-refractivity contribution is -0.156. The van der Waals surface area contributed by atoms with Crippen LogP contribution in [0.2, 0.25) is 0 Å². The molecule has 22 heavy (non-hydrogen) atoms. The van der Waals surface area contributed by atoms with Crippen LogP contribution >= 0.6 is 0 Å². The molecule has 2 heterocycles. The van der Waals surface area contributed by atoms with E-state index >= 15 is 0 Å². The third-order valence-corrected chi connectivity index (χ3v) is 7.60. The molecule has 4 aliphatic carbocycles. The van der Waals surface area contributed by atoms with E-state index in [4.69, 9.17) is 0 Å². The Morgan fingerprint density at radius 2 is 1.45 bits per heavy atom. The molecule has 6 rings (SSSR count). The molecule has 1 amide bonds. The highest BCUT2D eigenvalue weighted by Gasteiger charge is 2.56. The average molecular weight is 302 g/mol. The van der Waals surface area contributed by atoms with Crippen LogP contribution in [0.1, 0.15) is 57.8 Å². The molecule has 0 radical (unpaired) electrons. The Labute approximate surface area is 134 Å². The summed E-state index contributed by atoms with van der Waals surface area (Å²) in [6, 6.07) is 0.667. The predicted octanol–water partition coefficient (Wildman–Crippen LogP) is 2.90. The van der Waals surface area contributed by atoms with Gasteiger partial charge >= 0.3 is 0 Å². The maximum atomic E-state index is 13.4. The summed E-state index contributed by atoms with van der Waals surface area (Å²) >= 11 is 0. The molecule has 0 N–H and O–H groups in total. The molecule has 4 saturated carbocycles. The number of hydrogen-bond acceptors (Lipinski definition) is 2. The fraction of sp³-hybridized carbons (Fsp3) is 0.947. The van der Waals surface area contributed by atoms with Crippen molar-refractivity contribution in [2.75, 3.05) is 26.2 Å². The highest BCUT2D eigenvalue weighted by Crippen LogP contribution is 2.60. The number of likely N-dealkylation sites (tertiary alicyclic amines) is 2. The van der Waals surface area contributed by atoms with E-state index < -0.39 is 0 Å². The van der Waals surface area contributed by atoms with Gasteiger partial charge in [-0.25, -0.2) is 0 Å². The zero-order valence-corrected chi connectivity index (χ0v) is 13.8. The second-order valence-electron chi connectivity index (χ2n) is 9.13. The van der Waals surface area contributed by atoms with Crippen LogP contribution in [0.15, 0.2) is 0 Å². The molecule has 3 heteroatoms. The third kappa shape index (κ3) is 2.07. The first-order valence-electron chi connectivity index (χ1n) is 9.75. The lowest BCUT2D eigenvalue weighted by Crippen LogP contribution is -2.54. The van der Waals surface area contributed by atoms with Gasteiger partial charge in [0, 0.05) is 19.1 Å². The maximum Gasteiger partial charge on any atom is 0.228 e. The third-order valence-electron chi connectivity index (χ3n) is 7.60. The summed E-state index contributed by atoms with van der Waals surface area (Å²) in [7, 11) is 0. The molecule has 122 valence electrons. The van der Waals surface area contributed by atoms with Crippen LogP contribution in [0, 0.1) is 23.2 Å². The Morgan fingerprint density at radius 1 is 0.864 bits per heavy atom. The van der Waals surface area contributed by atoms with E-state index in [1.807, 2.05) is 0 Å². The van der Waals surface area contributed by atoms with Crippen LogP contribution in [-0.2, 0) is 4.79 Å². The minimum atomic E-state index is 0.0780. The number of carbonyl (C=O) groups is 1. The molecule has 0 aromatic heterocycles. The molecule has 2 aliphatic heterocycles. The van der Waals surface area contributed by atoms with E-state index in [9.17, 15) is 4.79 Å². The largest absolute Gasteiger partial charge is 0.341 e. The highest BCUT2D eigenvalue weighted by atomic mass is 16.2. The summed E-state index contributed by atoms with van der Waals surface area (Å²) in [5.74, 6) is 3.21. The van der Waals surface area contributed by atoms with E-state index in [2.05, 4.69) is 9.80 Å². The van der Waals surface area contributed by atoms with Gasteiger partial charge in [-0.2, -0.15) is 0 Å². The van der Waals surface area contributed by atoms with Crippen molar-refractivity contribution >= 4 is 5.91 Å². The van der Waals surface area contributed by atoms with E-state index in [1.54, 1.807) is 0 Å². The van der Waals surface area contributed by atoms with Gasteiger partial charge in [-0.05, 0) is 88.6 Å². The monoisotopic (exact) mass is 302 g/mol. The van der Waals surface area contributed by atoms with Gasteiger partial charge in [-0.3, -0.25) is 9.69 Å². The Hall–Kier alpha value is -0.570. The Balaban J connectivity index is 1.30. The molecule has 6 fully saturated rings. The molecule has 0 unspecified atom stereocenters. The van der Waals surface area contributed by atoms with E-state index in [0.717, 1.165) is 30.8 Å². The van der Waals surface area contributed by atoms with Crippen molar-refractivity contribution in [1.29, 1.82) is 0 Å². The van der Waals surface area contributed by atoms with Crippen LogP contribution in [0.25, 0.3) is 0 Å². The highest BCUT2D eigenvalue weighted by molar-refractivity contribution is 5.83. The summed E-state index contributed by atoms with van der Waals surface area (Å²) in [5, 5.41) is 0. The normalized spacial score (nSPS) is 47.5. The van der Waals surface area contributed by atoms with Crippen LogP contribution in [0.5, 0.6) is 0 Å². The zero-order chi connectivity index (χ0) is 14.7. The molecule has 3 nitrogen and oxygen atoms in total. The quantitative estimate of drug-likeness (QED) is 0.783. The van der Waals surface area contributed by atoms with E-state index in [0.29, 0.717) is 11.9 Å². The maximum absolute atomic E-state index is 13.4. The Kier molecular flexibility index (Phi) is 3.12. The van der Waals surface area contributed by atoms with Gasteiger partial charge in [0.05, 0.1) is 5.41 Å². The molecule has 1 atom stereocenters. The van der Waals surface area contributed by atoms with E-state index in [1.165, 1.54) is 70.9 Å². The second-order valence-corrected chi connectivity index (χ2v) is 9.13. The molecular weight excluding hydrogens is 272 g/mol. The van der Waals surface area contributed by atoms with Crippen molar-refractivity contribution in [3.63, 3.8) is 0 Å². The van der Waals surface area contributed by atoms with Gasteiger partial charge in [-0.15, -0.1) is 0 Å².